The number of nitrogens with zero attached hydrogens (tertiary/aromatic N) is 2. The van der Waals surface area contributed by atoms with Crippen LogP contribution in [0.4, 0.5) is 0 Å². The van der Waals surface area contributed by atoms with Crippen LogP contribution in [0.2, 0.25) is 0 Å². The molecule has 14 heteroatoms. The summed E-state index contributed by atoms with van der Waals surface area (Å²) in [6.45, 7) is 6.81. The SMILES string of the molecule is O=C(O)C=CC(=O)O.O=C(O)C=CC(=O)O.O=C(O)c1ccc2c(c1)C(SCCN1CCN(CC=Cc3ccccc3)CC1)c1ccccc1CO2. The number of carboxylic acids is 5. The predicted octanol–water partition coefficient (Wildman–Crippen LogP) is 4.85. The highest BCUT2D eigenvalue weighted by Crippen LogP contribution is 2.44. The molecule has 274 valence electrons. The molecule has 13 nitrogen and oxygen atoms in total. The van der Waals surface area contributed by atoms with Crippen LogP contribution in [0.15, 0.2) is 103 Å². The lowest BCUT2D eigenvalue weighted by Crippen LogP contribution is -2.46. The molecule has 0 radical (unpaired) electrons. The van der Waals surface area contributed by atoms with Crippen LogP contribution in [0.3, 0.4) is 0 Å². The second-order valence-corrected chi connectivity index (χ2v) is 12.5. The van der Waals surface area contributed by atoms with Gasteiger partial charge in [-0.25, -0.2) is 24.0 Å². The maximum Gasteiger partial charge on any atom is 0.335 e. The Bertz CT molecular complexity index is 1700. The van der Waals surface area contributed by atoms with Gasteiger partial charge in [0, 0.05) is 74.9 Å². The Morgan fingerprint density at radius 3 is 1.83 bits per heavy atom. The Hall–Kier alpha value is -5.70. The number of benzene rings is 3. The van der Waals surface area contributed by atoms with Crippen molar-refractivity contribution in [3.63, 3.8) is 0 Å². The number of carbonyl (C=O) groups is 5. The van der Waals surface area contributed by atoms with E-state index < -0.39 is 29.8 Å². The molecule has 0 bridgehead atoms. The summed E-state index contributed by atoms with van der Waals surface area (Å²) in [4.78, 5) is 54.9. The number of thioether (sulfide) groups is 1. The number of hydrogen-bond acceptors (Lipinski definition) is 9. The zero-order valence-corrected chi connectivity index (χ0v) is 28.9. The van der Waals surface area contributed by atoms with Gasteiger partial charge in [0.25, 0.3) is 0 Å². The fraction of sp³-hybridized carbons (Fsp3) is 0.237. The molecule has 0 saturated carbocycles. The first-order chi connectivity index (χ1) is 24.9. The Kier molecular flexibility index (Phi) is 16.8. The van der Waals surface area contributed by atoms with Gasteiger partial charge in [-0.05, 0) is 34.9 Å². The van der Waals surface area contributed by atoms with Crippen molar-refractivity contribution in [2.45, 2.75) is 11.9 Å². The number of fused-ring (bicyclic) bond motifs is 2. The first-order valence-electron chi connectivity index (χ1n) is 16.1. The van der Waals surface area contributed by atoms with Crippen LogP contribution in [-0.2, 0) is 25.8 Å². The second-order valence-electron chi connectivity index (χ2n) is 11.3. The first-order valence-corrected chi connectivity index (χ1v) is 17.1. The van der Waals surface area contributed by atoms with Gasteiger partial charge in [-0.3, -0.25) is 9.80 Å². The topological polar surface area (TPSA) is 202 Å². The lowest BCUT2D eigenvalue weighted by Gasteiger charge is -2.34. The van der Waals surface area contributed by atoms with Crippen LogP contribution < -0.4 is 4.74 Å². The van der Waals surface area contributed by atoms with Crippen LogP contribution in [-0.4, -0.2) is 110 Å². The van der Waals surface area contributed by atoms with Crippen molar-refractivity contribution in [1.82, 2.24) is 9.80 Å². The third-order valence-electron chi connectivity index (χ3n) is 7.63. The van der Waals surface area contributed by atoms with Crippen molar-refractivity contribution in [2.75, 3.05) is 45.0 Å². The summed E-state index contributed by atoms with van der Waals surface area (Å²) >= 11 is 1.88. The Morgan fingerprint density at radius 1 is 0.692 bits per heavy atom. The van der Waals surface area contributed by atoms with Crippen molar-refractivity contribution >= 4 is 47.7 Å². The molecule has 0 aliphatic carbocycles. The summed E-state index contributed by atoms with van der Waals surface area (Å²) in [5.41, 5.74) is 4.90. The Labute approximate surface area is 304 Å². The van der Waals surface area contributed by atoms with Gasteiger partial charge in [0.1, 0.15) is 12.4 Å². The van der Waals surface area contributed by atoms with E-state index in [2.05, 4.69) is 64.4 Å². The molecule has 0 aromatic heterocycles. The molecule has 2 heterocycles. The molecule has 1 fully saturated rings. The largest absolute Gasteiger partial charge is 0.489 e. The minimum Gasteiger partial charge on any atom is -0.489 e. The van der Waals surface area contributed by atoms with E-state index in [0.29, 0.717) is 36.5 Å². The van der Waals surface area contributed by atoms with Gasteiger partial charge in [-0.1, -0.05) is 66.7 Å². The van der Waals surface area contributed by atoms with Crippen LogP contribution in [0.5, 0.6) is 5.75 Å². The maximum atomic E-state index is 11.6. The van der Waals surface area contributed by atoms with E-state index in [-0.39, 0.29) is 5.25 Å². The zero-order valence-electron chi connectivity index (χ0n) is 28.1. The standard InChI is InChI=1S/C30H32N2O3S.2C4H4O4/c33-30(34)24-12-13-28-27(21-24)29(26-11-5-4-10-25(26)22-35-28)36-20-19-32-17-15-31(16-18-32)14-6-9-23-7-2-1-3-8-23;2*5-3(6)1-2-4(7)8/h1-13,21,29H,14-20,22H2,(H,33,34);2*1-2H,(H,5,6)(H,7,8). The fourth-order valence-electron chi connectivity index (χ4n) is 5.12. The lowest BCUT2D eigenvalue weighted by atomic mass is 9.98. The summed E-state index contributed by atoms with van der Waals surface area (Å²) in [5.74, 6) is -4.18. The Morgan fingerprint density at radius 2 is 1.25 bits per heavy atom. The smallest absolute Gasteiger partial charge is 0.335 e. The van der Waals surface area contributed by atoms with E-state index in [1.54, 1.807) is 12.1 Å². The van der Waals surface area contributed by atoms with E-state index in [9.17, 15) is 29.1 Å². The van der Waals surface area contributed by atoms with Crippen molar-refractivity contribution in [2.24, 2.45) is 0 Å². The quantitative estimate of drug-likeness (QED) is 0.158. The van der Waals surface area contributed by atoms with Crippen LogP contribution in [0, 0.1) is 0 Å². The number of aromatic carboxylic acids is 1. The molecule has 0 amide bonds. The van der Waals surface area contributed by atoms with E-state index in [0.717, 1.165) is 56.3 Å². The number of aliphatic carboxylic acids is 4. The number of ether oxygens (including phenoxy) is 1. The molecule has 2 aliphatic rings. The number of carboxylic acid groups (broad SMARTS) is 5. The van der Waals surface area contributed by atoms with Gasteiger partial charge in [-0.2, -0.15) is 0 Å². The molecule has 5 rings (SSSR count). The molecule has 5 N–H and O–H groups in total. The molecule has 1 saturated heterocycles. The lowest BCUT2D eigenvalue weighted by molar-refractivity contribution is -0.134. The van der Waals surface area contributed by atoms with E-state index in [1.807, 2.05) is 30.0 Å². The summed E-state index contributed by atoms with van der Waals surface area (Å²) < 4.78 is 6.08. The van der Waals surface area contributed by atoms with Crippen molar-refractivity contribution in [1.29, 1.82) is 0 Å². The monoisotopic (exact) mass is 732 g/mol. The second kappa shape index (κ2) is 21.5. The molecule has 1 atom stereocenters. The molecule has 0 spiro atoms. The molecule has 2 aliphatic heterocycles. The molecule has 3 aromatic rings. The normalized spacial score (nSPS) is 15.6. The van der Waals surface area contributed by atoms with Crippen LogP contribution in [0.25, 0.3) is 6.08 Å². The zero-order chi connectivity index (χ0) is 37.9. The molecular formula is C38H40N2O11S. The van der Waals surface area contributed by atoms with Gasteiger partial charge in [-0.15, -0.1) is 11.8 Å². The maximum absolute atomic E-state index is 11.6. The van der Waals surface area contributed by atoms with E-state index in [1.165, 1.54) is 16.7 Å². The summed E-state index contributed by atoms with van der Waals surface area (Å²) in [5, 5.41) is 40.9. The van der Waals surface area contributed by atoms with Gasteiger partial charge in [0.05, 0.1) is 10.8 Å². The summed E-state index contributed by atoms with van der Waals surface area (Å²) in [6.07, 6.45) is 6.69. The van der Waals surface area contributed by atoms with Crippen molar-refractivity contribution in [3.05, 3.63) is 131 Å². The summed E-state index contributed by atoms with van der Waals surface area (Å²) in [6, 6.07) is 24.0. The highest BCUT2D eigenvalue weighted by Gasteiger charge is 2.26. The number of rotatable bonds is 12. The highest BCUT2D eigenvalue weighted by molar-refractivity contribution is 7.99. The average Bonchev–Trinajstić information content (AvgIpc) is 3.28. The van der Waals surface area contributed by atoms with Crippen molar-refractivity contribution < 1.29 is 54.2 Å². The molecule has 52 heavy (non-hydrogen) atoms. The van der Waals surface area contributed by atoms with E-state index >= 15 is 0 Å². The fourth-order valence-corrected chi connectivity index (χ4v) is 6.50. The first kappa shape index (κ1) is 40.7. The highest BCUT2D eigenvalue weighted by atomic mass is 32.2. The predicted molar refractivity (Wildman–Crippen MR) is 196 cm³/mol. The molecule has 3 aromatic carbocycles. The minimum atomic E-state index is -1.26. The molecular weight excluding hydrogens is 692 g/mol. The summed E-state index contributed by atoms with van der Waals surface area (Å²) in [7, 11) is 0. The third-order valence-corrected chi connectivity index (χ3v) is 8.89. The van der Waals surface area contributed by atoms with Gasteiger partial charge in [0.15, 0.2) is 0 Å². The Balaban J connectivity index is 0.000000380. The van der Waals surface area contributed by atoms with Gasteiger partial charge < -0.3 is 30.3 Å². The average molecular weight is 733 g/mol. The van der Waals surface area contributed by atoms with Crippen LogP contribution >= 0.6 is 11.8 Å². The van der Waals surface area contributed by atoms with Crippen molar-refractivity contribution in [3.8, 4) is 5.75 Å². The van der Waals surface area contributed by atoms with Gasteiger partial charge >= 0.3 is 29.8 Å². The third kappa shape index (κ3) is 14.6. The van der Waals surface area contributed by atoms with Crippen LogP contribution in [0.1, 0.15) is 37.9 Å². The van der Waals surface area contributed by atoms with Gasteiger partial charge in [0.2, 0.25) is 0 Å². The van der Waals surface area contributed by atoms with E-state index in [4.69, 9.17) is 25.2 Å². The molecule has 1 unspecified atom stereocenters. The number of hydrogen-bond donors (Lipinski definition) is 5. The minimum absolute atomic E-state index is 0.0578. The number of piperazine rings is 1.